The van der Waals surface area contributed by atoms with Crippen molar-refractivity contribution in [2.75, 3.05) is 0 Å². The van der Waals surface area contributed by atoms with E-state index in [9.17, 15) is 4.79 Å². The average Bonchev–Trinajstić information content (AvgIpc) is 2.98. The van der Waals surface area contributed by atoms with Gasteiger partial charge in [-0.15, -0.1) is 6.42 Å². The second-order valence-electron chi connectivity index (χ2n) is 5.75. The molecule has 1 aromatic heterocycles. The molecule has 2 nitrogen and oxygen atoms in total. The first-order valence-electron chi connectivity index (χ1n) is 7.32. The first-order valence-corrected chi connectivity index (χ1v) is 8.60. The molecular formula is C20H17O2S+. The third-order valence-electron chi connectivity index (χ3n) is 3.56. The number of benzene rings is 2. The van der Waals surface area contributed by atoms with Crippen LogP contribution in [-0.2, 0) is 4.74 Å². The summed E-state index contributed by atoms with van der Waals surface area (Å²) < 4.78 is 6.65. The van der Waals surface area contributed by atoms with E-state index in [1.165, 1.54) is 10.1 Å². The molecule has 0 N–H and O–H groups in total. The SMILES string of the molecule is C#CC(C)(C)OC(=O)c1cccc(-[s+]2ccc3ccccc32)c1. The van der Waals surface area contributed by atoms with Gasteiger partial charge in [0.05, 0.1) is 5.56 Å². The van der Waals surface area contributed by atoms with E-state index in [-0.39, 0.29) is 10.5 Å². The summed E-state index contributed by atoms with van der Waals surface area (Å²) in [5.41, 5.74) is -0.383. The molecule has 0 aliphatic carbocycles. The predicted octanol–water partition coefficient (Wildman–Crippen LogP) is 5.15. The van der Waals surface area contributed by atoms with Crippen LogP contribution in [0.5, 0.6) is 0 Å². The standard InChI is InChI=1S/C20H17O2S/c1-4-20(2,3)22-19(21)16-9-7-10-17(14-16)23-13-12-15-8-5-6-11-18(15)23/h1,5-14H,2-3H3/q+1. The highest BCUT2D eigenvalue weighted by molar-refractivity contribution is 7.43. The Kier molecular flexibility index (Phi) is 3.94. The van der Waals surface area contributed by atoms with Crippen molar-refractivity contribution in [2.45, 2.75) is 19.4 Å². The van der Waals surface area contributed by atoms with Gasteiger partial charge in [-0.1, -0.05) is 24.1 Å². The van der Waals surface area contributed by atoms with E-state index in [1.54, 1.807) is 19.9 Å². The number of terminal acetylenes is 1. The Morgan fingerprint density at radius 2 is 1.91 bits per heavy atom. The summed E-state index contributed by atoms with van der Waals surface area (Å²) in [6, 6.07) is 18.0. The summed E-state index contributed by atoms with van der Waals surface area (Å²) >= 11 is 0. The Balaban J connectivity index is 1.98. The van der Waals surface area contributed by atoms with Crippen molar-refractivity contribution < 1.29 is 9.53 Å². The molecule has 0 bridgehead atoms. The van der Waals surface area contributed by atoms with Crippen LogP contribution >= 0.6 is 10.5 Å². The Morgan fingerprint density at radius 3 is 2.70 bits per heavy atom. The molecule has 1 atom stereocenters. The molecule has 0 aliphatic heterocycles. The van der Waals surface area contributed by atoms with E-state index in [0.29, 0.717) is 5.56 Å². The van der Waals surface area contributed by atoms with Crippen molar-refractivity contribution in [3.05, 3.63) is 65.5 Å². The van der Waals surface area contributed by atoms with Gasteiger partial charge in [-0.2, -0.15) is 0 Å². The molecule has 0 spiro atoms. The average molecular weight is 321 g/mol. The van der Waals surface area contributed by atoms with Gasteiger partial charge in [0.2, 0.25) is 0 Å². The smallest absolute Gasteiger partial charge is 0.339 e. The van der Waals surface area contributed by atoms with Crippen LogP contribution in [0.1, 0.15) is 24.2 Å². The van der Waals surface area contributed by atoms with Gasteiger partial charge in [0.25, 0.3) is 0 Å². The van der Waals surface area contributed by atoms with E-state index in [2.05, 4.69) is 29.5 Å². The van der Waals surface area contributed by atoms with Crippen molar-refractivity contribution in [2.24, 2.45) is 0 Å². The maximum Gasteiger partial charge on any atom is 0.339 e. The van der Waals surface area contributed by atoms with Gasteiger partial charge >= 0.3 is 5.97 Å². The predicted molar refractivity (Wildman–Crippen MR) is 96.1 cm³/mol. The quantitative estimate of drug-likeness (QED) is 0.379. The highest BCUT2D eigenvalue weighted by Crippen LogP contribution is 2.39. The molecule has 0 fully saturated rings. The highest BCUT2D eigenvalue weighted by atomic mass is 32.2. The van der Waals surface area contributed by atoms with Crippen LogP contribution < -0.4 is 0 Å². The van der Waals surface area contributed by atoms with Gasteiger partial charge in [0.15, 0.2) is 15.2 Å². The molecule has 3 heteroatoms. The van der Waals surface area contributed by atoms with Gasteiger partial charge in [-0.25, -0.2) is 4.79 Å². The zero-order valence-corrected chi connectivity index (χ0v) is 13.9. The van der Waals surface area contributed by atoms with E-state index < -0.39 is 11.6 Å². The minimum absolute atomic E-state index is 0.146. The molecular weight excluding hydrogens is 304 g/mol. The van der Waals surface area contributed by atoms with Gasteiger partial charge in [-0.3, -0.25) is 0 Å². The maximum atomic E-state index is 12.3. The number of rotatable bonds is 3. The summed E-state index contributed by atoms with van der Waals surface area (Å²) in [4.78, 5) is 13.4. The van der Waals surface area contributed by atoms with Crippen LogP contribution in [0.3, 0.4) is 0 Å². The van der Waals surface area contributed by atoms with Crippen LogP contribution in [0.15, 0.2) is 60.0 Å². The van der Waals surface area contributed by atoms with Crippen LogP contribution in [-0.4, -0.2) is 11.6 Å². The van der Waals surface area contributed by atoms with Crippen molar-refractivity contribution in [1.82, 2.24) is 0 Å². The van der Waals surface area contributed by atoms with Crippen LogP contribution in [0.4, 0.5) is 0 Å². The van der Waals surface area contributed by atoms with E-state index >= 15 is 0 Å². The molecule has 1 heterocycles. The van der Waals surface area contributed by atoms with Crippen molar-refractivity contribution >= 4 is 26.5 Å². The summed E-state index contributed by atoms with van der Waals surface area (Å²) in [7, 11) is -0.146. The first-order chi connectivity index (χ1) is 11.0. The normalized spacial score (nSPS) is 12.0. The van der Waals surface area contributed by atoms with E-state index in [4.69, 9.17) is 11.2 Å². The molecule has 114 valence electrons. The lowest BCUT2D eigenvalue weighted by Crippen LogP contribution is -2.25. The second-order valence-corrected chi connectivity index (χ2v) is 7.61. The third-order valence-corrected chi connectivity index (χ3v) is 5.57. The number of esters is 1. The number of ether oxygens (including phenoxy) is 1. The van der Waals surface area contributed by atoms with Gasteiger partial charge in [0.1, 0.15) is 5.38 Å². The topological polar surface area (TPSA) is 26.3 Å². The van der Waals surface area contributed by atoms with Gasteiger partial charge in [-0.05, 0) is 38.1 Å². The fourth-order valence-electron chi connectivity index (χ4n) is 2.32. The summed E-state index contributed by atoms with van der Waals surface area (Å²) in [5.74, 6) is 2.08. The first kappa shape index (κ1) is 15.3. The Hall–Kier alpha value is -2.57. The second kappa shape index (κ2) is 5.91. The summed E-state index contributed by atoms with van der Waals surface area (Å²) in [6.45, 7) is 3.40. The Labute approximate surface area is 138 Å². The largest absolute Gasteiger partial charge is 0.443 e. The van der Waals surface area contributed by atoms with E-state index in [0.717, 1.165) is 4.90 Å². The molecule has 0 saturated heterocycles. The molecule has 0 radical (unpaired) electrons. The Bertz CT molecular complexity index is 913. The number of carbonyl (C=O) groups excluding carboxylic acids is 1. The lowest BCUT2D eigenvalue weighted by Gasteiger charge is -2.18. The molecule has 0 amide bonds. The van der Waals surface area contributed by atoms with Crippen molar-refractivity contribution in [3.63, 3.8) is 0 Å². The Morgan fingerprint density at radius 1 is 1.13 bits per heavy atom. The lowest BCUT2D eigenvalue weighted by molar-refractivity contribution is 0.0205. The van der Waals surface area contributed by atoms with Crippen LogP contribution in [0.2, 0.25) is 0 Å². The molecule has 2 aromatic carbocycles. The maximum absolute atomic E-state index is 12.3. The van der Waals surface area contributed by atoms with Crippen molar-refractivity contribution in [3.8, 4) is 17.2 Å². The molecule has 1 unspecified atom stereocenters. The van der Waals surface area contributed by atoms with Gasteiger partial charge in [0, 0.05) is 28.0 Å². The third kappa shape index (κ3) is 3.13. The molecule has 0 aliphatic rings. The monoisotopic (exact) mass is 321 g/mol. The summed E-state index contributed by atoms with van der Waals surface area (Å²) in [5, 5.41) is 3.41. The number of hydrogen-bond donors (Lipinski definition) is 0. The minimum Gasteiger partial charge on any atom is -0.443 e. The van der Waals surface area contributed by atoms with Gasteiger partial charge < -0.3 is 4.74 Å². The molecule has 23 heavy (non-hydrogen) atoms. The molecule has 0 saturated carbocycles. The lowest BCUT2D eigenvalue weighted by atomic mass is 10.1. The number of thiophene rings is 1. The zero-order chi connectivity index (χ0) is 16.4. The van der Waals surface area contributed by atoms with E-state index in [1.807, 2.05) is 30.3 Å². The highest BCUT2D eigenvalue weighted by Gasteiger charge is 2.22. The molecule has 3 aromatic rings. The summed E-state index contributed by atoms with van der Waals surface area (Å²) in [6.07, 6.45) is 5.38. The fourth-order valence-corrected chi connectivity index (χ4v) is 4.25. The fraction of sp³-hybridized carbons (Fsp3) is 0.150. The molecule has 3 rings (SSSR count). The van der Waals surface area contributed by atoms with Crippen molar-refractivity contribution in [1.29, 1.82) is 0 Å². The van der Waals surface area contributed by atoms with Crippen LogP contribution in [0.25, 0.3) is 15.0 Å². The minimum atomic E-state index is -0.908. The zero-order valence-electron chi connectivity index (χ0n) is 13.1. The number of fused-ring (bicyclic) bond motifs is 1. The number of hydrogen-bond acceptors (Lipinski definition) is 2. The number of carbonyl (C=O) groups is 1. The van der Waals surface area contributed by atoms with Crippen LogP contribution in [0, 0.1) is 12.3 Å².